The third-order valence-electron chi connectivity index (χ3n) is 13.4. The van der Waals surface area contributed by atoms with Crippen molar-refractivity contribution in [1.82, 2.24) is 0 Å². The van der Waals surface area contributed by atoms with E-state index in [1.807, 2.05) is 6.92 Å². The Morgan fingerprint density at radius 2 is 0.634 bits per heavy atom. The number of benzene rings is 8. The van der Waals surface area contributed by atoms with Gasteiger partial charge in [-0.05, 0) is 99.8 Å². The Balaban J connectivity index is 0.000000339. The minimum atomic E-state index is -3.44. The molecule has 0 aliphatic rings. The summed E-state index contributed by atoms with van der Waals surface area (Å²) in [6, 6.07) is 65.3. The Morgan fingerprint density at radius 1 is 0.378 bits per heavy atom. The minimum Gasteiger partial charge on any atom is -1.00 e. The van der Waals surface area contributed by atoms with Crippen LogP contribution in [0.1, 0.15) is 35.1 Å². The van der Waals surface area contributed by atoms with E-state index in [9.17, 15) is 8.42 Å². The molecular weight excluding hydrogens is 1330 g/mol. The maximum Gasteiger partial charge on any atom is 1.00 e. The number of hydrogen-bond acceptors (Lipinski definition) is 11. The van der Waals surface area contributed by atoms with Gasteiger partial charge in [-0.2, -0.15) is 8.42 Å². The molecule has 8 aromatic rings. The van der Waals surface area contributed by atoms with E-state index < -0.39 is 25.3 Å². The molecule has 8 rings (SSSR count). The molecule has 0 aromatic heterocycles. The van der Waals surface area contributed by atoms with Crippen LogP contribution in [-0.2, 0) is 27.1 Å². The fourth-order valence-electron chi connectivity index (χ4n) is 9.92. The molecule has 0 aliphatic carbocycles. The summed E-state index contributed by atoms with van der Waals surface area (Å²) in [4.78, 5) is 0. The first-order chi connectivity index (χ1) is 38.4. The Hall–Kier alpha value is -4.61. The van der Waals surface area contributed by atoms with Gasteiger partial charge in [0.15, 0.2) is 23.0 Å². The zero-order valence-electron chi connectivity index (χ0n) is 49.1. The molecule has 432 valence electrons. The summed E-state index contributed by atoms with van der Waals surface area (Å²) < 4.78 is 71.5. The van der Waals surface area contributed by atoms with Gasteiger partial charge in [0.05, 0.1) is 75.9 Å². The fourth-order valence-corrected chi connectivity index (χ4v) is 17.0. The molecule has 0 atom stereocenters. The second-order valence-corrected chi connectivity index (χ2v) is 25.6. The van der Waals surface area contributed by atoms with E-state index >= 15 is 0 Å². The van der Waals surface area contributed by atoms with Gasteiger partial charge in [0.1, 0.15) is 23.2 Å². The van der Waals surface area contributed by atoms with E-state index in [-0.39, 0.29) is 84.1 Å². The van der Waals surface area contributed by atoms with E-state index in [4.69, 9.17) is 42.1 Å². The van der Waals surface area contributed by atoms with Crippen LogP contribution in [0.2, 0.25) is 0 Å². The van der Waals surface area contributed by atoms with Gasteiger partial charge >= 0.3 is 29.6 Å². The first kappa shape index (κ1) is 71.7. The van der Waals surface area contributed by atoms with E-state index in [0.29, 0.717) is 58.8 Å². The normalized spacial score (nSPS) is 10.6. The molecule has 0 saturated carbocycles. The van der Waals surface area contributed by atoms with Crippen LogP contribution in [0.4, 0.5) is 0 Å². The number of hydrogen-bond donors (Lipinski definition) is 0. The summed E-state index contributed by atoms with van der Waals surface area (Å²) in [5.74, 6) is 4.52. The fraction of sp³-hybridized carbons (Fsp3) is 0.262. The maximum atomic E-state index is 11.0. The van der Waals surface area contributed by atoms with Crippen LogP contribution < -0.4 is 147 Å². The summed E-state index contributed by atoms with van der Waals surface area (Å²) in [6.07, 6.45) is 4.87. The van der Waals surface area contributed by atoms with Crippen molar-refractivity contribution in [3.05, 3.63) is 204 Å². The second kappa shape index (κ2) is 36.3. The van der Waals surface area contributed by atoms with Crippen molar-refractivity contribution in [3.8, 4) is 46.0 Å². The first-order valence-corrected chi connectivity index (χ1v) is 31.1. The van der Waals surface area contributed by atoms with Crippen molar-refractivity contribution >= 4 is 57.1 Å². The van der Waals surface area contributed by atoms with Gasteiger partial charge in [-0.3, -0.25) is 4.18 Å². The van der Waals surface area contributed by atoms with Crippen LogP contribution in [0.5, 0.6) is 46.0 Å². The third kappa shape index (κ3) is 18.0. The predicted octanol–water partition coefficient (Wildman–Crippen LogP) is 2.35. The van der Waals surface area contributed by atoms with Crippen LogP contribution >= 0.6 is 15.2 Å². The SMILES string of the molecule is COc1c(C)c(CCCOS(C)(=O)=O)c(OC)c(OC)c1OC.COc1c(C)c(CCC[P+](c2ccccc2)(c2ccccc2)c2ccccc2)c(OC)c(OC)c1OC.[I-].[I-].[Na+].c1ccc(P(c2ccccc2)c2ccccc2)cc1. The molecule has 0 saturated heterocycles. The predicted molar refractivity (Wildman–Crippen MR) is 327 cm³/mol. The Bertz CT molecular complexity index is 3060. The largest absolute Gasteiger partial charge is 1.00 e. The molecule has 0 amide bonds. The van der Waals surface area contributed by atoms with E-state index in [1.165, 1.54) is 46.0 Å². The van der Waals surface area contributed by atoms with Crippen molar-refractivity contribution in [1.29, 1.82) is 0 Å². The molecule has 8 aromatic carbocycles. The third-order valence-corrected chi connectivity index (χ3v) is 21.0. The Kier molecular flexibility index (Phi) is 31.7. The van der Waals surface area contributed by atoms with Gasteiger partial charge in [-0.15, -0.1) is 0 Å². The van der Waals surface area contributed by atoms with E-state index in [1.54, 1.807) is 42.7 Å². The van der Waals surface area contributed by atoms with Gasteiger partial charge in [0.2, 0.25) is 23.0 Å². The van der Waals surface area contributed by atoms with Crippen LogP contribution in [0, 0.1) is 13.8 Å². The van der Waals surface area contributed by atoms with Crippen molar-refractivity contribution in [2.24, 2.45) is 0 Å². The first-order valence-electron chi connectivity index (χ1n) is 25.9. The summed E-state index contributed by atoms with van der Waals surface area (Å²) in [6.45, 7) is 4.04. The summed E-state index contributed by atoms with van der Waals surface area (Å²) >= 11 is 0. The molecule has 0 N–H and O–H groups in total. The number of methoxy groups -OCH3 is 8. The smallest absolute Gasteiger partial charge is 1.00 e. The van der Waals surface area contributed by atoms with Gasteiger partial charge < -0.3 is 85.8 Å². The molecule has 0 unspecified atom stereocenters. The number of halogens is 2. The molecule has 0 bridgehead atoms. The molecule has 0 radical (unpaired) electrons. The zero-order valence-corrected chi connectivity index (χ0v) is 58.0. The number of rotatable bonds is 23. The second-order valence-electron chi connectivity index (χ2n) is 18.1. The average molecular weight is 1400 g/mol. The van der Waals surface area contributed by atoms with Crippen LogP contribution in [0.15, 0.2) is 182 Å². The summed E-state index contributed by atoms with van der Waals surface area (Å²) in [5, 5.41) is 8.36. The Morgan fingerprint density at radius 3 is 0.902 bits per heavy atom. The van der Waals surface area contributed by atoms with Crippen LogP contribution in [-0.4, -0.2) is 84.3 Å². The van der Waals surface area contributed by atoms with E-state index in [2.05, 4.69) is 189 Å². The Labute approximate surface area is 545 Å². The number of ether oxygens (including phenoxy) is 8. The maximum absolute atomic E-state index is 11.0. The van der Waals surface area contributed by atoms with Crippen molar-refractivity contribution in [2.75, 3.05) is 75.9 Å². The molecule has 0 aliphatic heterocycles. The molecule has 17 heteroatoms. The van der Waals surface area contributed by atoms with E-state index in [0.717, 1.165) is 47.5 Å². The molecular formula is C65H75I2NaO11P2S. The van der Waals surface area contributed by atoms with Gasteiger partial charge in [0, 0.05) is 22.3 Å². The van der Waals surface area contributed by atoms with Crippen molar-refractivity contribution in [3.63, 3.8) is 0 Å². The average Bonchev–Trinajstić information content (AvgIpc) is 3.26. The molecule has 0 spiro atoms. The van der Waals surface area contributed by atoms with Crippen LogP contribution in [0.25, 0.3) is 0 Å². The molecule has 0 heterocycles. The monoisotopic (exact) mass is 1400 g/mol. The summed E-state index contributed by atoms with van der Waals surface area (Å²) in [5.41, 5.74) is 3.81. The van der Waals surface area contributed by atoms with Gasteiger partial charge in [-0.1, -0.05) is 146 Å². The topological polar surface area (TPSA) is 117 Å². The van der Waals surface area contributed by atoms with Gasteiger partial charge in [0.25, 0.3) is 10.1 Å². The molecule has 11 nitrogen and oxygen atoms in total. The standard InChI is InChI=1S/C32H36O4P.C18H15P.C15H24O7S.2HI.Na/c1-24-28(30(34-3)32(36-5)31(35-4)29(24)33-2)22-15-23-37(25-16-9-6-10-17-25,26-18-11-7-12-19-26)27-20-13-8-14-21-27;1-4-10-16(11-5-1)19(17-12-6-2-7-13-17)18-14-8-3-9-15-18;1-10-11(8-7-9-22-23(6,16)17)13(19-3)15(21-5)14(20-4)12(10)18-2;;;/h6-14,16-21H,15,22-23H2,1-5H3;1-15H;7-9H2,1-6H3;2*1H;/q+1;;;;;+1/p-2. The van der Waals surface area contributed by atoms with Crippen molar-refractivity contribution < 1.29 is 128 Å². The quantitative estimate of drug-likeness (QED) is 0.0309. The summed E-state index contributed by atoms with van der Waals surface area (Å²) in [7, 11) is 6.94. The molecule has 82 heavy (non-hydrogen) atoms. The minimum absolute atomic E-state index is 0. The van der Waals surface area contributed by atoms with Crippen molar-refractivity contribution in [2.45, 2.75) is 39.5 Å². The van der Waals surface area contributed by atoms with Gasteiger partial charge in [-0.25, -0.2) is 0 Å². The molecule has 0 fully saturated rings. The zero-order chi connectivity index (χ0) is 56.8. The van der Waals surface area contributed by atoms with Crippen LogP contribution in [0.3, 0.4) is 0 Å².